The van der Waals surface area contributed by atoms with E-state index in [1.54, 1.807) is 18.2 Å². The minimum atomic E-state index is -1.07. The Morgan fingerprint density at radius 2 is 1.93 bits per heavy atom. The number of benzene rings is 2. The Morgan fingerprint density at radius 1 is 1.20 bits per heavy atom. The lowest BCUT2D eigenvalue weighted by Gasteiger charge is -2.28. The number of ether oxygens (including phenoxy) is 2. The summed E-state index contributed by atoms with van der Waals surface area (Å²) in [5.41, 5.74) is 1.81. The van der Waals surface area contributed by atoms with Crippen molar-refractivity contribution in [1.29, 1.82) is 0 Å². The van der Waals surface area contributed by atoms with E-state index in [4.69, 9.17) is 9.47 Å². The lowest BCUT2D eigenvalue weighted by molar-refractivity contribution is -0.384. The van der Waals surface area contributed by atoms with Gasteiger partial charge in [-0.25, -0.2) is 4.79 Å². The van der Waals surface area contributed by atoms with Crippen LogP contribution in [0, 0.1) is 17.0 Å². The largest absolute Gasteiger partial charge is 0.449 e. The van der Waals surface area contributed by atoms with Crippen LogP contribution in [0.1, 0.15) is 22.8 Å². The van der Waals surface area contributed by atoms with E-state index in [0.717, 1.165) is 5.56 Å². The number of rotatable bonds is 6. The highest BCUT2D eigenvalue weighted by atomic mass is 16.6. The fourth-order valence-electron chi connectivity index (χ4n) is 3.12. The lowest BCUT2D eigenvalue weighted by atomic mass is 10.1. The molecule has 1 aliphatic heterocycles. The molecule has 3 rings (SSSR count). The number of anilines is 2. The zero-order valence-corrected chi connectivity index (χ0v) is 16.8. The fourth-order valence-corrected chi connectivity index (χ4v) is 3.12. The summed E-state index contributed by atoms with van der Waals surface area (Å²) in [7, 11) is 0. The molecule has 0 radical (unpaired) electrons. The van der Waals surface area contributed by atoms with Crippen molar-refractivity contribution >= 4 is 28.9 Å². The van der Waals surface area contributed by atoms with Crippen molar-refractivity contribution < 1.29 is 24.0 Å². The minimum Gasteiger partial charge on any atom is -0.449 e. The predicted octanol–water partition coefficient (Wildman–Crippen LogP) is 2.92. The van der Waals surface area contributed by atoms with Crippen molar-refractivity contribution in [3.63, 3.8) is 0 Å². The van der Waals surface area contributed by atoms with Gasteiger partial charge >= 0.3 is 5.97 Å². The van der Waals surface area contributed by atoms with E-state index in [9.17, 15) is 19.7 Å². The molecule has 2 aromatic carbocycles. The van der Waals surface area contributed by atoms with E-state index in [1.165, 1.54) is 25.1 Å². The highest BCUT2D eigenvalue weighted by molar-refractivity contribution is 5.98. The summed E-state index contributed by atoms with van der Waals surface area (Å²) in [4.78, 5) is 37.6. The Morgan fingerprint density at radius 3 is 2.60 bits per heavy atom. The summed E-state index contributed by atoms with van der Waals surface area (Å²) in [5.74, 6) is -1.30. The van der Waals surface area contributed by atoms with Crippen LogP contribution in [-0.2, 0) is 14.3 Å². The maximum Gasteiger partial charge on any atom is 0.339 e. The van der Waals surface area contributed by atoms with Gasteiger partial charge in [0.2, 0.25) is 0 Å². The van der Waals surface area contributed by atoms with Gasteiger partial charge in [0.25, 0.3) is 11.6 Å². The van der Waals surface area contributed by atoms with Crippen LogP contribution in [-0.4, -0.2) is 49.2 Å². The first-order valence-electron chi connectivity index (χ1n) is 9.55. The summed E-state index contributed by atoms with van der Waals surface area (Å²) >= 11 is 0. The molecule has 1 fully saturated rings. The van der Waals surface area contributed by atoms with Crippen LogP contribution >= 0.6 is 0 Å². The average molecular weight is 413 g/mol. The molecular formula is C21H23N3O6. The predicted molar refractivity (Wildman–Crippen MR) is 111 cm³/mol. The molecule has 0 bridgehead atoms. The molecule has 1 N–H and O–H groups in total. The maximum absolute atomic E-state index is 12.5. The van der Waals surface area contributed by atoms with Crippen molar-refractivity contribution in [1.82, 2.24) is 0 Å². The summed E-state index contributed by atoms with van der Waals surface area (Å²) in [6.07, 6.45) is -1.07. The summed E-state index contributed by atoms with van der Waals surface area (Å²) in [6, 6.07) is 11.4. The monoisotopic (exact) mass is 413 g/mol. The molecule has 0 aromatic heterocycles. The van der Waals surface area contributed by atoms with E-state index in [-0.39, 0.29) is 11.3 Å². The Labute approximate surface area is 173 Å². The van der Waals surface area contributed by atoms with Crippen molar-refractivity contribution in [2.75, 3.05) is 36.5 Å². The first kappa shape index (κ1) is 21.3. The van der Waals surface area contributed by atoms with E-state index in [0.29, 0.717) is 37.7 Å². The molecule has 158 valence electrons. The Hall–Kier alpha value is -3.46. The number of nitrogens with zero attached hydrogens (tertiary/aromatic N) is 2. The van der Waals surface area contributed by atoms with E-state index in [2.05, 4.69) is 5.32 Å². The zero-order valence-electron chi connectivity index (χ0n) is 16.8. The molecule has 9 heteroatoms. The minimum absolute atomic E-state index is 0.00825. The average Bonchev–Trinajstić information content (AvgIpc) is 2.73. The molecule has 0 aliphatic carbocycles. The number of nitro benzene ring substituents is 1. The molecule has 0 spiro atoms. The van der Waals surface area contributed by atoms with Crippen LogP contribution in [0.2, 0.25) is 0 Å². The highest BCUT2D eigenvalue weighted by Crippen LogP contribution is 2.30. The van der Waals surface area contributed by atoms with Gasteiger partial charge in [-0.05, 0) is 43.7 Å². The van der Waals surface area contributed by atoms with Gasteiger partial charge in [0.1, 0.15) is 5.69 Å². The number of hydrogen-bond acceptors (Lipinski definition) is 7. The molecule has 1 heterocycles. The highest BCUT2D eigenvalue weighted by Gasteiger charge is 2.25. The van der Waals surface area contributed by atoms with Gasteiger partial charge in [0.15, 0.2) is 6.10 Å². The Kier molecular flexibility index (Phi) is 6.63. The second-order valence-corrected chi connectivity index (χ2v) is 6.97. The second kappa shape index (κ2) is 9.36. The lowest BCUT2D eigenvalue weighted by Crippen LogP contribution is -2.36. The Balaban J connectivity index is 1.70. The van der Waals surface area contributed by atoms with Gasteiger partial charge in [-0.2, -0.15) is 0 Å². The molecule has 0 unspecified atom stereocenters. The first-order valence-corrected chi connectivity index (χ1v) is 9.55. The quantitative estimate of drug-likeness (QED) is 0.440. The van der Waals surface area contributed by atoms with Crippen LogP contribution < -0.4 is 10.2 Å². The third kappa shape index (κ3) is 5.12. The van der Waals surface area contributed by atoms with Crippen LogP contribution in [0.25, 0.3) is 0 Å². The summed E-state index contributed by atoms with van der Waals surface area (Å²) < 4.78 is 10.5. The number of carbonyl (C=O) groups is 2. The number of hydrogen-bond donors (Lipinski definition) is 1. The number of aryl methyl sites for hydroxylation is 1. The number of nitro groups is 1. The van der Waals surface area contributed by atoms with Gasteiger partial charge in [-0.3, -0.25) is 14.9 Å². The van der Waals surface area contributed by atoms with Crippen molar-refractivity contribution in [3.8, 4) is 0 Å². The second-order valence-electron chi connectivity index (χ2n) is 6.97. The van der Waals surface area contributed by atoms with Crippen molar-refractivity contribution in [3.05, 3.63) is 63.7 Å². The van der Waals surface area contributed by atoms with Crippen LogP contribution in [0.15, 0.2) is 42.5 Å². The standard InChI is InChI=1S/C21H23N3O6/c1-14-4-3-5-17(12-14)22-20(25)15(2)30-21(26)16-6-7-18(19(13-16)24(27)28)23-8-10-29-11-9-23/h3-7,12-13,15H,8-11H2,1-2H3,(H,22,25)/t15-/m1/s1. The topological polar surface area (TPSA) is 111 Å². The molecule has 1 aliphatic rings. The number of esters is 1. The van der Waals surface area contributed by atoms with E-state index < -0.39 is 22.9 Å². The van der Waals surface area contributed by atoms with Crippen molar-refractivity contribution in [2.24, 2.45) is 0 Å². The van der Waals surface area contributed by atoms with Gasteiger partial charge in [0.05, 0.1) is 23.7 Å². The maximum atomic E-state index is 12.5. The molecule has 2 aromatic rings. The number of carbonyl (C=O) groups excluding carboxylic acids is 2. The number of morpholine rings is 1. The molecule has 1 atom stereocenters. The number of amides is 1. The molecule has 9 nitrogen and oxygen atoms in total. The van der Waals surface area contributed by atoms with Gasteiger partial charge in [-0.15, -0.1) is 0 Å². The third-order valence-corrected chi connectivity index (χ3v) is 4.70. The molecule has 1 saturated heterocycles. The van der Waals surface area contributed by atoms with Gasteiger partial charge < -0.3 is 19.7 Å². The molecule has 0 saturated carbocycles. The van der Waals surface area contributed by atoms with E-state index in [1.807, 2.05) is 17.9 Å². The fraction of sp³-hybridized carbons (Fsp3) is 0.333. The summed E-state index contributed by atoms with van der Waals surface area (Å²) in [6.45, 7) is 5.36. The Bertz CT molecular complexity index is 956. The van der Waals surface area contributed by atoms with Gasteiger partial charge in [-0.1, -0.05) is 12.1 Å². The van der Waals surface area contributed by atoms with Crippen molar-refractivity contribution in [2.45, 2.75) is 20.0 Å². The normalized spacial score (nSPS) is 14.7. The van der Waals surface area contributed by atoms with Crippen LogP contribution in [0.3, 0.4) is 0 Å². The zero-order chi connectivity index (χ0) is 21.7. The van der Waals surface area contributed by atoms with E-state index >= 15 is 0 Å². The number of nitrogens with one attached hydrogen (secondary N) is 1. The first-order chi connectivity index (χ1) is 14.3. The van der Waals surface area contributed by atoms with Gasteiger partial charge in [0, 0.05) is 24.8 Å². The molecule has 30 heavy (non-hydrogen) atoms. The molecular weight excluding hydrogens is 390 g/mol. The third-order valence-electron chi connectivity index (χ3n) is 4.70. The molecule has 1 amide bonds. The SMILES string of the molecule is Cc1cccc(NC(=O)[C@@H](C)OC(=O)c2ccc(N3CCOCC3)c([N+](=O)[O-])c2)c1. The van der Waals surface area contributed by atoms with Crippen LogP contribution in [0.5, 0.6) is 0 Å². The smallest absolute Gasteiger partial charge is 0.339 e. The van der Waals surface area contributed by atoms with Crippen LogP contribution in [0.4, 0.5) is 17.1 Å². The summed E-state index contributed by atoms with van der Waals surface area (Å²) in [5, 5.41) is 14.2.